The Morgan fingerprint density at radius 3 is 2.56 bits per heavy atom. The van der Waals surface area contributed by atoms with Crippen molar-refractivity contribution in [3.63, 3.8) is 0 Å². The van der Waals surface area contributed by atoms with Crippen molar-refractivity contribution in [3.05, 3.63) is 48.5 Å². The molecule has 2 N–H and O–H groups in total. The van der Waals surface area contributed by atoms with Crippen LogP contribution in [0.3, 0.4) is 0 Å². The smallest absolute Gasteiger partial charge is 0.142 e. The molecule has 0 fully saturated rings. The Balaban J connectivity index is 1.79. The second-order valence-electron chi connectivity index (χ2n) is 6.25. The molecule has 0 unspecified atom stereocenters. The second kappa shape index (κ2) is 10.5. The predicted molar refractivity (Wildman–Crippen MR) is 106 cm³/mol. The van der Waals surface area contributed by atoms with Crippen molar-refractivity contribution in [2.75, 3.05) is 30.3 Å². The van der Waals surface area contributed by atoms with Crippen molar-refractivity contribution in [1.29, 1.82) is 0 Å². The van der Waals surface area contributed by atoms with Crippen LogP contribution in [0.2, 0.25) is 0 Å². The zero-order valence-corrected chi connectivity index (χ0v) is 15.5. The standard InChI is InChI=1S/C21H30N2O2/c1-4-5-15-24-19-10-8-9-18(16-19)22-13-14-23-20-11-6-7-12-21(20)25-17(2)3/h6-12,16-17,22-23H,4-5,13-15H2,1-3H3. The van der Waals surface area contributed by atoms with Gasteiger partial charge in [-0.25, -0.2) is 0 Å². The molecule has 0 aromatic heterocycles. The van der Waals surface area contributed by atoms with E-state index in [0.717, 1.165) is 55.4 Å². The van der Waals surface area contributed by atoms with Crippen molar-refractivity contribution in [1.82, 2.24) is 0 Å². The van der Waals surface area contributed by atoms with E-state index in [-0.39, 0.29) is 6.10 Å². The van der Waals surface area contributed by atoms with Crippen LogP contribution in [0.1, 0.15) is 33.6 Å². The molecular formula is C21H30N2O2. The lowest BCUT2D eigenvalue weighted by atomic mass is 10.2. The molecule has 0 aliphatic rings. The zero-order valence-electron chi connectivity index (χ0n) is 15.5. The van der Waals surface area contributed by atoms with Crippen LogP contribution < -0.4 is 20.1 Å². The second-order valence-corrected chi connectivity index (χ2v) is 6.25. The van der Waals surface area contributed by atoms with E-state index >= 15 is 0 Å². The Kier molecular flexibility index (Phi) is 7.96. The summed E-state index contributed by atoms with van der Waals surface area (Å²) >= 11 is 0. The van der Waals surface area contributed by atoms with Gasteiger partial charge in [0.2, 0.25) is 0 Å². The van der Waals surface area contributed by atoms with Gasteiger partial charge < -0.3 is 20.1 Å². The van der Waals surface area contributed by atoms with Gasteiger partial charge in [0.15, 0.2) is 0 Å². The molecule has 0 aliphatic carbocycles. The third-order valence-corrected chi connectivity index (χ3v) is 3.62. The fraction of sp³-hybridized carbons (Fsp3) is 0.429. The van der Waals surface area contributed by atoms with Crippen LogP contribution in [-0.4, -0.2) is 25.8 Å². The molecule has 4 nitrogen and oxygen atoms in total. The van der Waals surface area contributed by atoms with Gasteiger partial charge in [0.1, 0.15) is 11.5 Å². The number of anilines is 2. The lowest BCUT2D eigenvalue weighted by molar-refractivity contribution is 0.243. The highest BCUT2D eigenvalue weighted by Crippen LogP contribution is 2.24. The fourth-order valence-electron chi connectivity index (χ4n) is 2.40. The average molecular weight is 342 g/mol. The summed E-state index contributed by atoms with van der Waals surface area (Å²) < 4.78 is 11.6. The van der Waals surface area contributed by atoms with Crippen molar-refractivity contribution >= 4 is 11.4 Å². The Morgan fingerprint density at radius 1 is 0.960 bits per heavy atom. The maximum atomic E-state index is 5.82. The first-order valence-corrected chi connectivity index (χ1v) is 9.15. The van der Waals surface area contributed by atoms with Gasteiger partial charge in [-0.1, -0.05) is 31.5 Å². The summed E-state index contributed by atoms with van der Waals surface area (Å²) in [5.41, 5.74) is 2.09. The third kappa shape index (κ3) is 6.96. The van der Waals surface area contributed by atoms with Gasteiger partial charge in [0.05, 0.1) is 18.4 Å². The topological polar surface area (TPSA) is 42.5 Å². The van der Waals surface area contributed by atoms with Gasteiger partial charge in [-0.2, -0.15) is 0 Å². The number of rotatable bonds is 11. The largest absolute Gasteiger partial charge is 0.494 e. The van der Waals surface area contributed by atoms with Gasteiger partial charge in [0, 0.05) is 24.8 Å². The van der Waals surface area contributed by atoms with Gasteiger partial charge in [-0.15, -0.1) is 0 Å². The molecule has 0 radical (unpaired) electrons. The summed E-state index contributed by atoms with van der Waals surface area (Å²) in [5.74, 6) is 1.81. The van der Waals surface area contributed by atoms with Crippen molar-refractivity contribution in [3.8, 4) is 11.5 Å². The summed E-state index contributed by atoms with van der Waals surface area (Å²) in [7, 11) is 0. The molecule has 0 bridgehead atoms. The molecule has 4 heteroatoms. The highest BCUT2D eigenvalue weighted by molar-refractivity contribution is 5.56. The number of hydrogen-bond acceptors (Lipinski definition) is 4. The molecular weight excluding hydrogens is 312 g/mol. The van der Waals surface area contributed by atoms with Gasteiger partial charge >= 0.3 is 0 Å². The van der Waals surface area contributed by atoms with E-state index in [1.807, 2.05) is 56.3 Å². The van der Waals surface area contributed by atoms with Crippen molar-refractivity contribution in [2.45, 2.75) is 39.7 Å². The summed E-state index contributed by atoms with van der Waals surface area (Å²) in [5, 5.41) is 6.85. The molecule has 0 aliphatic heterocycles. The molecule has 136 valence electrons. The fourth-order valence-corrected chi connectivity index (χ4v) is 2.40. The summed E-state index contributed by atoms with van der Waals surface area (Å²) in [6.45, 7) is 8.63. The molecule has 0 saturated carbocycles. The van der Waals surface area contributed by atoms with E-state index in [2.05, 4.69) is 23.6 Å². The molecule has 2 aromatic rings. The van der Waals surface area contributed by atoms with Crippen LogP contribution in [-0.2, 0) is 0 Å². The molecule has 0 heterocycles. The third-order valence-electron chi connectivity index (χ3n) is 3.62. The monoisotopic (exact) mass is 342 g/mol. The van der Waals surface area contributed by atoms with E-state index in [1.54, 1.807) is 0 Å². The minimum atomic E-state index is 0.163. The minimum Gasteiger partial charge on any atom is -0.494 e. The number of nitrogens with one attached hydrogen (secondary N) is 2. The molecule has 0 spiro atoms. The molecule has 25 heavy (non-hydrogen) atoms. The minimum absolute atomic E-state index is 0.163. The summed E-state index contributed by atoms with van der Waals surface area (Å²) in [4.78, 5) is 0. The first kappa shape index (κ1) is 19.0. The van der Waals surface area contributed by atoms with Crippen molar-refractivity contribution < 1.29 is 9.47 Å². The maximum absolute atomic E-state index is 5.82. The molecule has 2 aromatic carbocycles. The average Bonchev–Trinajstić information content (AvgIpc) is 2.60. The SMILES string of the molecule is CCCCOc1cccc(NCCNc2ccccc2OC(C)C)c1. The van der Waals surface area contributed by atoms with E-state index in [1.165, 1.54) is 0 Å². The molecule has 0 amide bonds. The van der Waals surface area contributed by atoms with Crippen LogP contribution in [0.25, 0.3) is 0 Å². The summed E-state index contributed by atoms with van der Waals surface area (Å²) in [6.07, 6.45) is 2.39. The Bertz CT molecular complexity index is 629. The lowest BCUT2D eigenvalue weighted by Gasteiger charge is -2.16. The Morgan fingerprint density at radius 2 is 1.76 bits per heavy atom. The van der Waals surface area contributed by atoms with E-state index in [4.69, 9.17) is 9.47 Å². The molecule has 0 saturated heterocycles. The quantitative estimate of drug-likeness (QED) is 0.552. The van der Waals surface area contributed by atoms with E-state index in [0.29, 0.717) is 0 Å². The maximum Gasteiger partial charge on any atom is 0.142 e. The van der Waals surface area contributed by atoms with E-state index < -0.39 is 0 Å². The van der Waals surface area contributed by atoms with Gasteiger partial charge in [0.25, 0.3) is 0 Å². The highest BCUT2D eigenvalue weighted by Gasteiger charge is 2.04. The number of benzene rings is 2. The normalized spacial score (nSPS) is 10.6. The highest BCUT2D eigenvalue weighted by atomic mass is 16.5. The Hall–Kier alpha value is -2.36. The Labute approximate surface area is 151 Å². The van der Waals surface area contributed by atoms with Crippen LogP contribution in [0.5, 0.6) is 11.5 Å². The molecule has 0 atom stereocenters. The van der Waals surface area contributed by atoms with E-state index in [9.17, 15) is 0 Å². The number of ether oxygens (including phenoxy) is 2. The van der Waals surface area contributed by atoms with Gasteiger partial charge in [-0.05, 0) is 44.5 Å². The first-order chi connectivity index (χ1) is 12.2. The predicted octanol–water partition coefficient (Wildman–Crippen LogP) is 5.18. The van der Waals surface area contributed by atoms with Crippen molar-refractivity contribution in [2.24, 2.45) is 0 Å². The first-order valence-electron chi connectivity index (χ1n) is 9.15. The van der Waals surface area contributed by atoms with Crippen LogP contribution in [0.4, 0.5) is 11.4 Å². The zero-order chi connectivity index (χ0) is 17.9. The van der Waals surface area contributed by atoms with Crippen LogP contribution in [0.15, 0.2) is 48.5 Å². The number of para-hydroxylation sites is 2. The van der Waals surface area contributed by atoms with Crippen LogP contribution in [0, 0.1) is 0 Å². The summed E-state index contributed by atoms with van der Waals surface area (Å²) in [6, 6.07) is 16.2. The molecule has 2 rings (SSSR count). The van der Waals surface area contributed by atoms with Crippen LogP contribution >= 0.6 is 0 Å². The van der Waals surface area contributed by atoms with Gasteiger partial charge in [-0.3, -0.25) is 0 Å². The number of hydrogen-bond donors (Lipinski definition) is 2. The lowest BCUT2D eigenvalue weighted by Crippen LogP contribution is -2.15. The number of unbranched alkanes of at least 4 members (excludes halogenated alkanes) is 1.